The number of imide groups is 1. The molecule has 2 aliphatic heterocycles. The minimum absolute atomic E-state index is 0.196. The summed E-state index contributed by atoms with van der Waals surface area (Å²) in [6.45, 7) is 0.850. The molecular weight excluding hydrogens is 408 g/mol. The Balaban J connectivity index is 1.34. The Morgan fingerprint density at radius 1 is 1.19 bits per heavy atom. The molecule has 9 heteroatoms. The molecule has 2 aromatic rings. The molecule has 2 fully saturated rings. The molecule has 1 aromatic carbocycles. The number of rotatable bonds is 4. The fraction of sp³-hybridized carbons (Fsp3) is 0.478. The number of nitrogens with zero attached hydrogens (tertiary/aromatic N) is 5. The molecule has 1 atom stereocenters. The summed E-state index contributed by atoms with van der Waals surface area (Å²) in [6.07, 6.45) is 7.50. The molecule has 0 bridgehead atoms. The Morgan fingerprint density at radius 3 is 2.75 bits per heavy atom. The fourth-order valence-electron chi connectivity index (χ4n) is 5.09. The lowest BCUT2D eigenvalue weighted by Crippen LogP contribution is -2.52. The zero-order valence-corrected chi connectivity index (χ0v) is 17.7. The van der Waals surface area contributed by atoms with Gasteiger partial charge in [0.1, 0.15) is 11.7 Å². The van der Waals surface area contributed by atoms with Gasteiger partial charge in [0.25, 0.3) is 5.91 Å². The normalized spacial score (nSPS) is 22.4. The van der Waals surface area contributed by atoms with Crippen LogP contribution < -0.4 is 5.32 Å². The van der Waals surface area contributed by atoms with Gasteiger partial charge in [-0.05, 0) is 37.0 Å². The number of amides is 3. The average Bonchev–Trinajstić information content (AvgIpc) is 3.38. The van der Waals surface area contributed by atoms with Gasteiger partial charge < -0.3 is 4.90 Å². The second kappa shape index (κ2) is 7.86. The van der Waals surface area contributed by atoms with Crippen LogP contribution in [0.4, 0.5) is 0 Å². The number of nitriles is 1. The molecule has 1 saturated carbocycles. The van der Waals surface area contributed by atoms with E-state index in [9.17, 15) is 19.6 Å². The number of carbonyl (C=O) groups is 3. The Labute approximate surface area is 185 Å². The third kappa shape index (κ3) is 3.55. The number of benzene rings is 1. The van der Waals surface area contributed by atoms with Gasteiger partial charge in [-0.15, -0.1) is 5.10 Å². The SMILES string of the molecule is N#CC1(Cn2cc(-c3ccc4c(c3)CN(C3CCC(=O)NC3=O)C4=O)nn2)CCCCC1. The lowest BCUT2D eigenvalue weighted by Gasteiger charge is -2.30. The van der Waals surface area contributed by atoms with Gasteiger partial charge in [-0.1, -0.05) is 30.5 Å². The maximum absolute atomic E-state index is 12.9. The second-order valence-electron chi connectivity index (χ2n) is 9.03. The summed E-state index contributed by atoms with van der Waals surface area (Å²) in [5.41, 5.74) is 2.53. The zero-order chi connectivity index (χ0) is 22.3. The van der Waals surface area contributed by atoms with E-state index in [0.29, 0.717) is 30.8 Å². The number of fused-ring (bicyclic) bond motifs is 1. The van der Waals surface area contributed by atoms with Gasteiger partial charge in [0.15, 0.2) is 0 Å². The first kappa shape index (κ1) is 20.4. The van der Waals surface area contributed by atoms with Crippen molar-refractivity contribution in [1.29, 1.82) is 5.26 Å². The maximum atomic E-state index is 12.9. The van der Waals surface area contributed by atoms with E-state index in [1.54, 1.807) is 10.7 Å². The highest BCUT2D eigenvalue weighted by Crippen LogP contribution is 2.37. The van der Waals surface area contributed by atoms with Gasteiger partial charge in [-0.3, -0.25) is 24.4 Å². The molecule has 3 heterocycles. The van der Waals surface area contributed by atoms with E-state index in [-0.39, 0.29) is 23.7 Å². The number of carbonyl (C=O) groups excluding carboxylic acids is 3. The van der Waals surface area contributed by atoms with Crippen LogP contribution in [0, 0.1) is 16.7 Å². The molecule has 32 heavy (non-hydrogen) atoms. The zero-order valence-electron chi connectivity index (χ0n) is 17.7. The predicted octanol–water partition coefficient (Wildman–Crippen LogP) is 2.18. The van der Waals surface area contributed by atoms with E-state index in [1.807, 2.05) is 18.3 Å². The van der Waals surface area contributed by atoms with E-state index in [0.717, 1.165) is 36.8 Å². The molecule has 5 rings (SSSR count). The van der Waals surface area contributed by atoms with Crippen LogP contribution in [0.25, 0.3) is 11.3 Å². The molecule has 1 N–H and O–H groups in total. The fourth-order valence-corrected chi connectivity index (χ4v) is 5.09. The summed E-state index contributed by atoms with van der Waals surface area (Å²) in [7, 11) is 0. The standard InChI is InChI=1S/C23H24N6O3/c24-13-23(8-2-1-3-9-23)14-28-12-18(26-27-28)15-4-5-17-16(10-15)11-29(22(17)32)19-6-7-20(30)25-21(19)31/h4-5,10,12,19H,1-3,6-9,11,14H2,(H,25,30,31). The van der Waals surface area contributed by atoms with Crippen molar-refractivity contribution in [2.45, 2.75) is 64.1 Å². The molecule has 9 nitrogen and oxygen atoms in total. The first-order chi connectivity index (χ1) is 15.5. The molecular formula is C23H24N6O3. The summed E-state index contributed by atoms with van der Waals surface area (Å²) in [5.74, 6) is -0.912. The number of piperidine rings is 1. The summed E-state index contributed by atoms with van der Waals surface area (Å²) in [5, 5.41) is 20.6. The lowest BCUT2D eigenvalue weighted by atomic mass is 9.75. The van der Waals surface area contributed by atoms with Crippen molar-refractivity contribution in [3.8, 4) is 17.3 Å². The number of nitrogens with one attached hydrogen (secondary N) is 1. The minimum Gasteiger partial charge on any atom is -0.322 e. The van der Waals surface area contributed by atoms with Crippen LogP contribution in [0.5, 0.6) is 0 Å². The van der Waals surface area contributed by atoms with Crippen molar-refractivity contribution in [1.82, 2.24) is 25.2 Å². The molecule has 3 amide bonds. The van der Waals surface area contributed by atoms with E-state index in [2.05, 4.69) is 21.7 Å². The van der Waals surface area contributed by atoms with Gasteiger partial charge in [0, 0.05) is 24.1 Å². The quantitative estimate of drug-likeness (QED) is 0.739. The minimum atomic E-state index is -0.630. The molecule has 0 spiro atoms. The van der Waals surface area contributed by atoms with Crippen molar-refractivity contribution in [2.75, 3.05) is 0 Å². The Hall–Kier alpha value is -3.54. The highest BCUT2D eigenvalue weighted by molar-refractivity contribution is 6.05. The van der Waals surface area contributed by atoms with Crippen molar-refractivity contribution in [2.24, 2.45) is 5.41 Å². The van der Waals surface area contributed by atoms with Crippen LogP contribution in [0.15, 0.2) is 24.4 Å². The lowest BCUT2D eigenvalue weighted by molar-refractivity contribution is -0.136. The number of aromatic nitrogens is 3. The van der Waals surface area contributed by atoms with Crippen LogP contribution >= 0.6 is 0 Å². The summed E-state index contributed by atoms with van der Waals surface area (Å²) >= 11 is 0. The molecule has 1 aromatic heterocycles. The number of hydrogen-bond donors (Lipinski definition) is 1. The van der Waals surface area contributed by atoms with E-state index in [1.165, 1.54) is 11.3 Å². The molecule has 0 radical (unpaired) electrons. The first-order valence-electron chi connectivity index (χ1n) is 11.1. The van der Waals surface area contributed by atoms with Gasteiger partial charge in [-0.2, -0.15) is 5.26 Å². The van der Waals surface area contributed by atoms with Crippen molar-refractivity contribution in [3.05, 3.63) is 35.5 Å². The van der Waals surface area contributed by atoms with Crippen LogP contribution in [0.1, 0.15) is 60.9 Å². The highest BCUT2D eigenvalue weighted by atomic mass is 16.2. The third-order valence-electron chi connectivity index (χ3n) is 6.87. The van der Waals surface area contributed by atoms with E-state index < -0.39 is 11.9 Å². The van der Waals surface area contributed by atoms with Gasteiger partial charge in [0.2, 0.25) is 11.8 Å². The number of hydrogen-bond acceptors (Lipinski definition) is 6. The maximum Gasteiger partial charge on any atom is 0.255 e. The van der Waals surface area contributed by atoms with Crippen LogP contribution in [0.2, 0.25) is 0 Å². The molecule has 3 aliphatic rings. The average molecular weight is 432 g/mol. The molecule has 1 aliphatic carbocycles. The van der Waals surface area contributed by atoms with E-state index in [4.69, 9.17) is 0 Å². The second-order valence-corrected chi connectivity index (χ2v) is 9.03. The van der Waals surface area contributed by atoms with Crippen LogP contribution in [-0.2, 0) is 22.7 Å². The molecule has 1 unspecified atom stereocenters. The Morgan fingerprint density at radius 2 is 2.00 bits per heavy atom. The Kier molecular flexibility index (Phi) is 5.00. The summed E-state index contributed by atoms with van der Waals surface area (Å²) < 4.78 is 1.75. The molecule has 1 saturated heterocycles. The smallest absolute Gasteiger partial charge is 0.255 e. The van der Waals surface area contributed by atoms with Crippen LogP contribution in [-0.4, -0.2) is 43.7 Å². The van der Waals surface area contributed by atoms with E-state index >= 15 is 0 Å². The van der Waals surface area contributed by atoms with Gasteiger partial charge in [0.05, 0.1) is 24.2 Å². The molecule has 164 valence electrons. The summed E-state index contributed by atoms with van der Waals surface area (Å²) in [6, 6.07) is 7.38. The highest BCUT2D eigenvalue weighted by Gasteiger charge is 2.39. The van der Waals surface area contributed by atoms with Crippen molar-refractivity contribution in [3.63, 3.8) is 0 Å². The van der Waals surface area contributed by atoms with Gasteiger partial charge in [-0.25, -0.2) is 0 Å². The first-order valence-corrected chi connectivity index (χ1v) is 11.1. The van der Waals surface area contributed by atoms with Crippen molar-refractivity contribution >= 4 is 17.7 Å². The monoisotopic (exact) mass is 432 g/mol. The third-order valence-corrected chi connectivity index (χ3v) is 6.87. The topological polar surface area (TPSA) is 121 Å². The Bertz CT molecular complexity index is 1140. The van der Waals surface area contributed by atoms with Gasteiger partial charge >= 0.3 is 0 Å². The predicted molar refractivity (Wildman–Crippen MR) is 113 cm³/mol. The largest absolute Gasteiger partial charge is 0.322 e. The van der Waals surface area contributed by atoms with Crippen molar-refractivity contribution < 1.29 is 14.4 Å². The van der Waals surface area contributed by atoms with Crippen LogP contribution in [0.3, 0.4) is 0 Å². The summed E-state index contributed by atoms with van der Waals surface area (Å²) in [4.78, 5) is 38.1.